The van der Waals surface area contributed by atoms with Crippen molar-refractivity contribution in [3.8, 4) is 0 Å². The van der Waals surface area contributed by atoms with E-state index in [9.17, 15) is 19.5 Å². The Morgan fingerprint density at radius 2 is 1.67 bits per heavy atom. The Morgan fingerprint density at radius 3 is 2.43 bits per heavy atom. The van der Waals surface area contributed by atoms with Crippen LogP contribution in [0.15, 0.2) is 85.1 Å². The normalized spacial score (nSPS) is 19.9. The number of carbonyl (C=O) groups excluding carboxylic acids is 3. The third-order valence-corrected chi connectivity index (χ3v) is 10.1. The third-order valence-electron chi connectivity index (χ3n) is 9.74. The number of likely N-dealkylation sites (tertiary alicyclic amines) is 1. The molecular weight excluding hydrogens is 600 g/mol. The maximum atomic E-state index is 14.5. The Morgan fingerprint density at radius 1 is 0.978 bits per heavy atom. The number of para-hydroxylation sites is 1. The highest BCUT2D eigenvalue weighted by molar-refractivity contribution is 6.31. The molecule has 2 heterocycles. The number of carbonyl (C=O) groups is 3. The molecule has 46 heavy (non-hydrogen) atoms. The van der Waals surface area contributed by atoms with E-state index in [1.54, 1.807) is 22.9 Å². The second-order valence-corrected chi connectivity index (χ2v) is 13.2. The van der Waals surface area contributed by atoms with Crippen molar-refractivity contribution in [2.75, 3.05) is 13.6 Å². The molecule has 240 valence electrons. The number of amides is 3. The Hall–Kier alpha value is -4.14. The lowest BCUT2D eigenvalue weighted by Crippen LogP contribution is -2.56. The number of H-pyrrole nitrogens is 1. The number of nitrogens with one attached hydrogen (secondary N) is 2. The molecule has 3 atom stereocenters. The van der Waals surface area contributed by atoms with Gasteiger partial charge in [0.25, 0.3) is 0 Å². The van der Waals surface area contributed by atoms with Gasteiger partial charge < -0.3 is 25.2 Å². The maximum absolute atomic E-state index is 14.5. The molecule has 6 rings (SSSR count). The summed E-state index contributed by atoms with van der Waals surface area (Å²) in [6.45, 7) is 0.351. The largest absolute Gasteiger partial charge is 0.391 e. The molecule has 2 unspecified atom stereocenters. The molecule has 0 radical (unpaired) electrons. The summed E-state index contributed by atoms with van der Waals surface area (Å²) in [6, 6.07) is 23.2. The van der Waals surface area contributed by atoms with E-state index in [2.05, 4.69) is 10.3 Å². The van der Waals surface area contributed by atoms with E-state index in [0.717, 1.165) is 46.9 Å². The molecule has 9 heteroatoms. The van der Waals surface area contributed by atoms with E-state index in [4.69, 9.17) is 11.6 Å². The minimum Gasteiger partial charge on any atom is -0.391 e. The van der Waals surface area contributed by atoms with Crippen LogP contribution in [0.3, 0.4) is 0 Å². The van der Waals surface area contributed by atoms with Gasteiger partial charge in [0.15, 0.2) is 0 Å². The van der Waals surface area contributed by atoms with Gasteiger partial charge in [0.2, 0.25) is 17.7 Å². The quantitative estimate of drug-likeness (QED) is 0.229. The number of aromatic nitrogens is 1. The molecule has 1 aliphatic carbocycles. The van der Waals surface area contributed by atoms with Crippen molar-refractivity contribution in [3.63, 3.8) is 0 Å². The van der Waals surface area contributed by atoms with Gasteiger partial charge in [-0.05, 0) is 41.7 Å². The van der Waals surface area contributed by atoms with Crippen LogP contribution in [0.4, 0.5) is 0 Å². The fraction of sp³-hybridized carbons (Fsp3) is 0.378. The van der Waals surface area contributed by atoms with Crippen LogP contribution in [0, 0.1) is 0 Å². The first-order valence-corrected chi connectivity index (χ1v) is 16.5. The number of β-amino-alcohol motifs (C(OH)–C–C–N with tert-alkyl or cyclic N) is 1. The molecule has 2 aliphatic rings. The summed E-state index contributed by atoms with van der Waals surface area (Å²) in [5.74, 6) is -0.832. The van der Waals surface area contributed by atoms with Crippen molar-refractivity contribution in [2.45, 2.75) is 75.1 Å². The lowest BCUT2D eigenvalue weighted by molar-refractivity contribution is -0.145. The molecule has 3 N–H and O–H groups in total. The lowest BCUT2D eigenvalue weighted by Gasteiger charge is -2.40. The lowest BCUT2D eigenvalue weighted by atomic mass is 9.68. The van der Waals surface area contributed by atoms with Crippen LogP contribution in [0.2, 0.25) is 5.02 Å². The molecule has 1 saturated heterocycles. The van der Waals surface area contributed by atoms with Crippen LogP contribution in [-0.2, 0) is 32.8 Å². The first-order valence-electron chi connectivity index (χ1n) is 16.2. The van der Waals surface area contributed by atoms with E-state index in [-0.39, 0.29) is 37.7 Å². The minimum atomic E-state index is -0.911. The molecule has 0 bridgehead atoms. The van der Waals surface area contributed by atoms with Crippen LogP contribution in [0.1, 0.15) is 55.2 Å². The number of hydrogen-bond donors (Lipinski definition) is 3. The van der Waals surface area contributed by atoms with E-state index in [1.165, 1.54) is 0 Å². The summed E-state index contributed by atoms with van der Waals surface area (Å²) < 4.78 is 0. The average molecular weight is 641 g/mol. The average Bonchev–Trinajstić information content (AvgIpc) is 3.68. The Balaban J connectivity index is 1.27. The highest BCUT2D eigenvalue weighted by atomic mass is 35.5. The molecule has 0 spiro atoms. The Labute approximate surface area is 274 Å². The number of fused-ring (bicyclic) bond motifs is 1. The van der Waals surface area contributed by atoms with E-state index >= 15 is 0 Å². The highest BCUT2D eigenvalue weighted by Gasteiger charge is 2.49. The number of halogens is 1. The number of hydrogen-bond acceptors (Lipinski definition) is 4. The molecule has 3 aromatic carbocycles. The first-order chi connectivity index (χ1) is 22.3. The highest BCUT2D eigenvalue weighted by Crippen LogP contribution is 2.42. The van der Waals surface area contributed by atoms with E-state index in [0.29, 0.717) is 17.9 Å². The summed E-state index contributed by atoms with van der Waals surface area (Å²) in [5.41, 5.74) is 2.84. The van der Waals surface area contributed by atoms with Crippen molar-refractivity contribution in [3.05, 3.63) is 107 Å². The topological polar surface area (TPSA) is 106 Å². The van der Waals surface area contributed by atoms with Gasteiger partial charge in [-0.2, -0.15) is 0 Å². The zero-order valence-corrected chi connectivity index (χ0v) is 26.9. The summed E-state index contributed by atoms with van der Waals surface area (Å²) in [5, 5.41) is 15.4. The molecular formula is C37H41ClN4O4. The molecule has 4 aromatic rings. The maximum Gasteiger partial charge on any atom is 0.245 e. The van der Waals surface area contributed by atoms with Gasteiger partial charge in [0, 0.05) is 55.1 Å². The summed E-state index contributed by atoms with van der Waals surface area (Å²) >= 11 is 6.41. The van der Waals surface area contributed by atoms with Gasteiger partial charge >= 0.3 is 0 Å². The van der Waals surface area contributed by atoms with Gasteiger partial charge in [0.1, 0.15) is 12.1 Å². The second-order valence-electron chi connectivity index (χ2n) is 12.8. The standard InChI is InChI=1S/C37H41ClN4O4/c1-41(23-25-12-6-8-16-30(25)38)35(45)32(20-26-22-39-31-17-9-7-15-29(26)31)40-34(44)33-21-28(43)24-42(33)36(46)37(18-10-3-11-19-37)27-13-4-2-5-14-27/h2,4-9,12-17,22,28,32-33,39,43H,3,10-11,18-21,23-24H2,1H3,(H,40,44)/t28-,32?,33?/m1/s1. The summed E-state index contributed by atoms with van der Waals surface area (Å²) in [4.78, 5) is 49.1. The zero-order chi connectivity index (χ0) is 32.3. The van der Waals surface area contributed by atoms with Crippen LogP contribution >= 0.6 is 11.6 Å². The molecule has 8 nitrogen and oxygen atoms in total. The van der Waals surface area contributed by atoms with Crippen molar-refractivity contribution in [2.24, 2.45) is 0 Å². The minimum absolute atomic E-state index is 0.0823. The molecule has 1 aliphatic heterocycles. The van der Waals surface area contributed by atoms with Gasteiger partial charge in [-0.25, -0.2) is 0 Å². The zero-order valence-electron chi connectivity index (χ0n) is 26.1. The summed E-state index contributed by atoms with van der Waals surface area (Å²) in [6.07, 6.45) is 5.71. The number of aromatic amines is 1. The van der Waals surface area contributed by atoms with Crippen molar-refractivity contribution < 1.29 is 19.5 Å². The first kappa shape index (κ1) is 31.8. The van der Waals surface area contributed by atoms with Gasteiger partial charge in [-0.1, -0.05) is 97.6 Å². The number of benzene rings is 3. The van der Waals surface area contributed by atoms with Gasteiger partial charge in [0.05, 0.1) is 11.5 Å². The van der Waals surface area contributed by atoms with E-state index in [1.807, 2.05) is 79.0 Å². The van der Waals surface area contributed by atoms with Crippen molar-refractivity contribution in [1.29, 1.82) is 0 Å². The molecule has 3 amide bonds. The van der Waals surface area contributed by atoms with Crippen LogP contribution in [0.25, 0.3) is 10.9 Å². The fourth-order valence-electron chi connectivity index (χ4n) is 7.31. The SMILES string of the molecule is CN(Cc1ccccc1Cl)C(=O)C(Cc1c[nH]c2ccccc12)NC(=O)C1C[C@@H](O)CN1C(=O)C1(c2ccccc2)CCCCC1. The van der Waals surface area contributed by atoms with Gasteiger partial charge in [-0.15, -0.1) is 0 Å². The van der Waals surface area contributed by atoms with Crippen LogP contribution in [-0.4, -0.2) is 69.4 Å². The van der Waals surface area contributed by atoms with E-state index < -0.39 is 29.5 Å². The Bertz CT molecular complexity index is 1700. The monoisotopic (exact) mass is 640 g/mol. The molecule has 1 saturated carbocycles. The molecule has 1 aromatic heterocycles. The number of nitrogens with zero attached hydrogens (tertiary/aromatic N) is 2. The summed E-state index contributed by atoms with van der Waals surface area (Å²) in [7, 11) is 1.70. The van der Waals surface area contributed by atoms with Crippen molar-refractivity contribution >= 4 is 40.2 Å². The molecule has 2 fully saturated rings. The predicted octanol–water partition coefficient (Wildman–Crippen LogP) is 5.37. The third kappa shape index (κ3) is 6.42. The predicted molar refractivity (Wildman–Crippen MR) is 179 cm³/mol. The fourth-order valence-corrected chi connectivity index (χ4v) is 7.51. The number of aliphatic hydroxyl groups excluding tert-OH is 1. The number of likely N-dealkylation sites (N-methyl/N-ethyl adjacent to an activating group) is 1. The Kier molecular flexibility index (Phi) is 9.47. The number of rotatable bonds is 9. The second kappa shape index (κ2) is 13.7. The van der Waals surface area contributed by atoms with Crippen LogP contribution < -0.4 is 5.32 Å². The number of aliphatic hydroxyl groups is 1. The smallest absolute Gasteiger partial charge is 0.245 e. The van der Waals surface area contributed by atoms with Crippen LogP contribution in [0.5, 0.6) is 0 Å². The van der Waals surface area contributed by atoms with Gasteiger partial charge in [-0.3, -0.25) is 14.4 Å². The van der Waals surface area contributed by atoms with Crippen molar-refractivity contribution in [1.82, 2.24) is 20.1 Å².